The molecule has 104 valence electrons. The third-order valence-corrected chi connectivity index (χ3v) is 3.99. The molecule has 1 aromatic carbocycles. The Morgan fingerprint density at radius 3 is 2.79 bits per heavy atom. The summed E-state index contributed by atoms with van der Waals surface area (Å²) in [4.78, 5) is 11.9. The van der Waals surface area contributed by atoms with Crippen LogP contribution in [0, 0.1) is 5.92 Å². The van der Waals surface area contributed by atoms with Crippen LogP contribution < -0.4 is 5.32 Å². The van der Waals surface area contributed by atoms with Crippen LogP contribution in [0.25, 0.3) is 0 Å². The number of carbonyl (C=O) groups is 1. The van der Waals surface area contributed by atoms with Crippen LogP contribution in [-0.4, -0.2) is 23.7 Å². The monoisotopic (exact) mass is 281 g/mol. The number of aliphatic hydroxyl groups is 1. The molecule has 0 bridgehead atoms. The SMILES string of the molecule is O=C(NC[C@@H](O)C1CCCCC1)c1cccc(Cl)c1. The fourth-order valence-corrected chi connectivity index (χ4v) is 2.80. The molecular weight excluding hydrogens is 262 g/mol. The van der Waals surface area contributed by atoms with Gasteiger partial charge in [0.05, 0.1) is 6.10 Å². The van der Waals surface area contributed by atoms with Gasteiger partial charge in [-0.05, 0) is 37.0 Å². The van der Waals surface area contributed by atoms with Gasteiger partial charge in [-0.15, -0.1) is 0 Å². The summed E-state index contributed by atoms with van der Waals surface area (Å²) >= 11 is 5.84. The predicted molar refractivity (Wildman–Crippen MR) is 76.4 cm³/mol. The van der Waals surface area contributed by atoms with E-state index < -0.39 is 6.10 Å². The van der Waals surface area contributed by atoms with Crippen LogP contribution in [-0.2, 0) is 0 Å². The van der Waals surface area contributed by atoms with Crippen molar-refractivity contribution in [3.05, 3.63) is 34.9 Å². The maximum Gasteiger partial charge on any atom is 0.251 e. The second-order valence-corrected chi connectivity index (χ2v) is 5.62. The van der Waals surface area contributed by atoms with Crippen molar-refractivity contribution < 1.29 is 9.90 Å². The third kappa shape index (κ3) is 4.22. The minimum Gasteiger partial charge on any atom is -0.391 e. The molecule has 1 amide bonds. The molecule has 3 nitrogen and oxygen atoms in total. The van der Waals surface area contributed by atoms with Gasteiger partial charge in [0.15, 0.2) is 0 Å². The molecule has 4 heteroatoms. The van der Waals surface area contributed by atoms with Crippen LogP contribution in [0.1, 0.15) is 42.5 Å². The molecule has 0 unspecified atom stereocenters. The summed E-state index contributed by atoms with van der Waals surface area (Å²) in [5.74, 6) is 0.144. The zero-order chi connectivity index (χ0) is 13.7. The minimum atomic E-state index is -0.441. The summed E-state index contributed by atoms with van der Waals surface area (Å²) in [6.45, 7) is 0.315. The number of hydrogen-bond acceptors (Lipinski definition) is 2. The first-order valence-electron chi connectivity index (χ1n) is 6.88. The second kappa shape index (κ2) is 6.92. The molecule has 0 spiro atoms. The Morgan fingerprint density at radius 1 is 1.37 bits per heavy atom. The predicted octanol–water partition coefficient (Wildman–Crippen LogP) is 3.01. The average Bonchev–Trinajstić information content (AvgIpc) is 2.45. The van der Waals surface area contributed by atoms with Crippen molar-refractivity contribution >= 4 is 17.5 Å². The molecule has 0 heterocycles. The Bertz CT molecular complexity index is 430. The number of hydrogen-bond donors (Lipinski definition) is 2. The molecule has 0 aliphatic heterocycles. The van der Waals surface area contributed by atoms with E-state index >= 15 is 0 Å². The first kappa shape index (κ1) is 14.4. The van der Waals surface area contributed by atoms with Gasteiger partial charge in [-0.3, -0.25) is 4.79 Å². The van der Waals surface area contributed by atoms with E-state index in [0.29, 0.717) is 23.0 Å². The van der Waals surface area contributed by atoms with Crippen molar-refractivity contribution in [2.75, 3.05) is 6.54 Å². The summed E-state index contributed by atoms with van der Waals surface area (Å²) in [6, 6.07) is 6.82. The maximum absolute atomic E-state index is 11.9. The summed E-state index contributed by atoms with van der Waals surface area (Å²) < 4.78 is 0. The van der Waals surface area contributed by atoms with E-state index in [-0.39, 0.29) is 5.91 Å². The van der Waals surface area contributed by atoms with Crippen LogP contribution in [0.5, 0.6) is 0 Å². The van der Waals surface area contributed by atoms with Crippen molar-refractivity contribution in [1.29, 1.82) is 0 Å². The van der Waals surface area contributed by atoms with Crippen molar-refractivity contribution in [3.63, 3.8) is 0 Å². The zero-order valence-electron chi connectivity index (χ0n) is 10.9. The summed E-state index contributed by atoms with van der Waals surface area (Å²) in [5.41, 5.74) is 0.531. The van der Waals surface area contributed by atoms with Crippen LogP contribution >= 0.6 is 11.6 Å². The normalized spacial score (nSPS) is 18.0. The van der Waals surface area contributed by atoms with Gasteiger partial charge in [0, 0.05) is 17.1 Å². The number of nitrogens with one attached hydrogen (secondary N) is 1. The highest BCUT2D eigenvalue weighted by Crippen LogP contribution is 2.26. The summed E-state index contributed by atoms with van der Waals surface area (Å²) in [5, 5.41) is 13.4. The number of aliphatic hydroxyl groups excluding tert-OH is 1. The molecule has 2 rings (SSSR count). The lowest BCUT2D eigenvalue weighted by molar-refractivity contribution is 0.0738. The van der Waals surface area contributed by atoms with Gasteiger partial charge in [-0.2, -0.15) is 0 Å². The maximum atomic E-state index is 11.9. The Labute approximate surface area is 119 Å². The number of rotatable bonds is 4. The molecule has 0 saturated heterocycles. The highest BCUT2D eigenvalue weighted by molar-refractivity contribution is 6.30. The van der Waals surface area contributed by atoms with Crippen LogP contribution in [0.4, 0.5) is 0 Å². The summed E-state index contributed by atoms with van der Waals surface area (Å²) in [7, 11) is 0. The Kier molecular flexibility index (Phi) is 5.23. The molecular formula is C15H20ClNO2. The minimum absolute atomic E-state index is 0.183. The molecule has 1 aromatic rings. The average molecular weight is 282 g/mol. The molecule has 0 radical (unpaired) electrons. The molecule has 1 aliphatic rings. The molecule has 19 heavy (non-hydrogen) atoms. The van der Waals surface area contributed by atoms with Crippen LogP contribution in [0.3, 0.4) is 0 Å². The fraction of sp³-hybridized carbons (Fsp3) is 0.533. The third-order valence-electron chi connectivity index (χ3n) is 3.75. The molecule has 2 N–H and O–H groups in total. The highest BCUT2D eigenvalue weighted by atomic mass is 35.5. The Balaban J connectivity index is 1.82. The molecule has 1 fully saturated rings. The van der Waals surface area contributed by atoms with Gasteiger partial charge >= 0.3 is 0 Å². The van der Waals surface area contributed by atoms with E-state index in [1.807, 2.05) is 0 Å². The van der Waals surface area contributed by atoms with E-state index in [1.54, 1.807) is 24.3 Å². The molecule has 1 atom stereocenters. The lowest BCUT2D eigenvalue weighted by Crippen LogP contribution is -2.37. The molecule has 0 aromatic heterocycles. The second-order valence-electron chi connectivity index (χ2n) is 5.19. The number of carbonyl (C=O) groups excluding carboxylic acids is 1. The first-order chi connectivity index (χ1) is 9.16. The van der Waals surface area contributed by atoms with E-state index in [4.69, 9.17) is 11.6 Å². The van der Waals surface area contributed by atoms with Gasteiger partial charge in [0.1, 0.15) is 0 Å². The molecule has 1 saturated carbocycles. The number of benzene rings is 1. The van der Waals surface area contributed by atoms with Crippen molar-refractivity contribution in [3.8, 4) is 0 Å². The Hall–Kier alpha value is -1.06. The zero-order valence-corrected chi connectivity index (χ0v) is 11.7. The topological polar surface area (TPSA) is 49.3 Å². The smallest absolute Gasteiger partial charge is 0.251 e. The highest BCUT2D eigenvalue weighted by Gasteiger charge is 2.22. The Morgan fingerprint density at radius 2 is 2.11 bits per heavy atom. The lowest BCUT2D eigenvalue weighted by Gasteiger charge is -2.26. The lowest BCUT2D eigenvalue weighted by atomic mass is 9.85. The van der Waals surface area contributed by atoms with E-state index in [0.717, 1.165) is 12.8 Å². The van der Waals surface area contributed by atoms with Gasteiger partial charge in [0.2, 0.25) is 0 Å². The van der Waals surface area contributed by atoms with Crippen LogP contribution in [0.15, 0.2) is 24.3 Å². The van der Waals surface area contributed by atoms with Crippen molar-refractivity contribution in [1.82, 2.24) is 5.32 Å². The van der Waals surface area contributed by atoms with Crippen molar-refractivity contribution in [2.24, 2.45) is 5.92 Å². The van der Waals surface area contributed by atoms with E-state index in [1.165, 1.54) is 19.3 Å². The standard InChI is InChI=1S/C15H20ClNO2/c16-13-8-4-7-12(9-13)15(19)17-10-14(18)11-5-2-1-3-6-11/h4,7-9,11,14,18H,1-3,5-6,10H2,(H,17,19)/t14-/m1/s1. The van der Waals surface area contributed by atoms with E-state index in [2.05, 4.69) is 5.32 Å². The number of halogens is 1. The van der Waals surface area contributed by atoms with Gasteiger partial charge in [-0.25, -0.2) is 0 Å². The van der Waals surface area contributed by atoms with E-state index in [9.17, 15) is 9.90 Å². The van der Waals surface area contributed by atoms with Crippen LogP contribution in [0.2, 0.25) is 5.02 Å². The van der Waals surface area contributed by atoms with Gasteiger partial charge < -0.3 is 10.4 Å². The fourth-order valence-electron chi connectivity index (χ4n) is 2.61. The quantitative estimate of drug-likeness (QED) is 0.891. The van der Waals surface area contributed by atoms with Gasteiger partial charge in [0.25, 0.3) is 5.91 Å². The summed E-state index contributed by atoms with van der Waals surface area (Å²) in [6.07, 6.45) is 5.32. The van der Waals surface area contributed by atoms with Gasteiger partial charge in [-0.1, -0.05) is 36.9 Å². The number of amides is 1. The molecule has 1 aliphatic carbocycles. The first-order valence-corrected chi connectivity index (χ1v) is 7.26. The largest absolute Gasteiger partial charge is 0.391 e. The van der Waals surface area contributed by atoms with Crippen molar-refractivity contribution in [2.45, 2.75) is 38.2 Å².